The van der Waals surface area contributed by atoms with Crippen LogP contribution < -0.4 is 10.6 Å². The van der Waals surface area contributed by atoms with Crippen molar-refractivity contribution in [3.63, 3.8) is 0 Å². The standard InChI is InChI=1S/C27H37N5O.HI/c1-3-28-27(29-13-10-23-18-30-26-16-20(2)4-9-25(23)26)31-17-21-5-7-22(8-6-21)19-32-14-11-24(33)12-15-32;/h4-9,16,18,24,30,33H,3,10-15,17,19H2,1-2H3,(H2,28,29,31);1H. The number of piperidine rings is 1. The van der Waals surface area contributed by atoms with Gasteiger partial charge in [-0.2, -0.15) is 0 Å². The van der Waals surface area contributed by atoms with Gasteiger partial charge in [0.15, 0.2) is 5.96 Å². The zero-order chi connectivity index (χ0) is 23.0. The van der Waals surface area contributed by atoms with Gasteiger partial charge in [-0.05, 0) is 61.4 Å². The van der Waals surface area contributed by atoms with Gasteiger partial charge in [0.05, 0.1) is 12.6 Å². The molecule has 2 aromatic carbocycles. The number of aliphatic imine (C=N–C) groups is 1. The van der Waals surface area contributed by atoms with Crippen molar-refractivity contribution in [2.24, 2.45) is 4.99 Å². The average Bonchev–Trinajstić information content (AvgIpc) is 3.22. The summed E-state index contributed by atoms with van der Waals surface area (Å²) in [6.45, 7) is 9.43. The second-order valence-corrected chi connectivity index (χ2v) is 9.06. The molecule has 0 spiro atoms. The number of aryl methyl sites for hydroxylation is 1. The van der Waals surface area contributed by atoms with Crippen LogP contribution in [0.1, 0.15) is 42.0 Å². The summed E-state index contributed by atoms with van der Waals surface area (Å²) in [5.41, 5.74) is 6.32. The zero-order valence-electron chi connectivity index (χ0n) is 20.3. The van der Waals surface area contributed by atoms with E-state index < -0.39 is 0 Å². The Bertz CT molecular complexity index is 1050. The molecule has 3 aromatic rings. The van der Waals surface area contributed by atoms with E-state index >= 15 is 0 Å². The molecule has 0 saturated carbocycles. The summed E-state index contributed by atoms with van der Waals surface area (Å²) in [5.74, 6) is 0.851. The first kappa shape index (κ1) is 26.5. The van der Waals surface area contributed by atoms with Gasteiger partial charge in [0.1, 0.15) is 0 Å². The van der Waals surface area contributed by atoms with Crippen LogP contribution in [0, 0.1) is 6.92 Å². The summed E-state index contributed by atoms with van der Waals surface area (Å²) in [6, 6.07) is 15.3. The highest BCUT2D eigenvalue weighted by Gasteiger charge is 2.16. The van der Waals surface area contributed by atoms with E-state index in [-0.39, 0.29) is 30.1 Å². The number of hydrogen-bond acceptors (Lipinski definition) is 3. The van der Waals surface area contributed by atoms with Crippen molar-refractivity contribution in [2.45, 2.75) is 52.3 Å². The molecule has 34 heavy (non-hydrogen) atoms. The second-order valence-electron chi connectivity index (χ2n) is 9.06. The number of nitrogens with zero attached hydrogens (tertiary/aromatic N) is 2. The molecule has 0 bridgehead atoms. The van der Waals surface area contributed by atoms with Crippen molar-refractivity contribution < 1.29 is 5.11 Å². The minimum atomic E-state index is -0.118. The van der Waals surface area contributed by atoms with Gasteiger partial charge in [0, 0.05) is 49.8 Å². The highest BCUT2D eigenvalue weighted by atomic mass is 127. The summed E-state index contributed by atoms with van der Waals surface area (Å²) >= 11 is 0. The Morgan fingerprint density at radius 1 is 1.09 bits per heavy atom. The molecular formula is C27H38IN5O. The number of halogens is 1. The summed E-state index contributed by atoms with van der Waals surface area (Å²) in [5, 5.41) is 17.8. The van der Waals surface area contributed by atoms with E-state index in [4.69, 9.17) is 4.99 Å². The van der Waals surface area contributed by atoms with Crippen LogP contribution in [0.5, 0.6) is 0 Å². The first-order valence-electron chi connectivity index (χ1n) is 12.2. The van der Waals surface area contributed by atoms with E-state index in [2.05, 4.69) is 83.0 Å². The van der Waals surface area contributed by atoms with Crippen LogP contribution in [0.25, 0.3) is 10.9 Å². The van der Waals surface area contributed by atoms with Gasteiger partial charge in [0.2, 0.25) is 0 Å². The lowest BCUT2D eigenvalue weighted by atomic mass is 10.1. The van der Waals surface area contributed by atoms with Gasteiger partial charge in [0.25, 0.3) is 0 Å². The molecule has 1 aliphatic heterocycles. The second kappa shape index (κ2) is 13.1. The summed E-state index contributed by atoms with van der Waals surface area (Å²) in [6.07, 6.45) is 4.70. The van der Waals surface area contributed by atoms with Crippen molar-refractivity contribution in [3.8, 4) is 0 Å². The monoisotopic (exact) mass is 575 g/mol. The third kappa shape index (κ3) is 7.45. The third-order valence-corrected chi connectivity index (χ3v) is 6.36. The lowest BCUT2D eigenvalue weighted by Crippen LogP contribution is -2.38. The minimum Gasteiger partial charge on any atom is -0.393 e. The maximum absolute atomic E-state index is 9.67. The largest absolute Gasteiger partial charge is 0.393 e. The van der Waals surface area contributed by atoms with Gasteiger partial charge in [-0.15, -0.1) is 24.0 Å². The summed E-state index contributed by atoms with van der Waals surface area (Å²) in [7, 11) is 0. The maximum Gasteiger partial charge on any atom is 0.191 e. The predicted molar refractivity (Wildman–Crippen MR) is 152 cm³/mol. The Morgan fingerprint density at radius 2 is 1.82 bits per heavy atom. The van der Waals surface area contributed by atoms with E-state index in [0.29, 0.717) is 6.54 Å². The van der Waals surface area contributed by atoms with Gasteiger partial charge >= 0.3 is 0 Å². The molecule has 0 atom stereocenters. The number of aliphatic hydroxyl groups is 1. The molecule has 7 heteroatoms. The first-order valence-corrected chi connectivity index (χ1v) is 12.2. The molecule has 0 amide bonds. The van der Waals surface area contributed by atoms with E-state index in [1.54, 1.807) is 0 Å². The number of aromatic amines is 1. The topological polar surface area (TPSA) is 75.7 Å². The molecule has 2 heterocycles. The van der Waals surface area contributed by atoms with Gasteiger partial charge in [-0.1, -0.05) is 36.4 Å². The first-order chi connectivity index (χ1) is 16.1. The number of aliphatic hydroxyl groups excluding tert-OH is 1. The fraction of sp³-hybridized carbons (Fsp3) is 0.444. The quantitative estimate of drug-likeness (QED) is 0.183. The number of aromatic nitrogens is 1. The summed E-state index contributed by atoms with van der Waals surface area (Å²) < 4.78 is 0. The smallest absolute Gasteiger partial charge is 0.191 e. The number of nitrogens with one attached hydrogen (secondary N) is 3. The number of rotatable bonds is 8. The maximum atomic E-state index is 9.67. The highest BCUT2D eigenvalue weighted by molar-refractivity contribution is 14.0. The van der Waals surface area contributed by atoms with Crippen LogP contribution in [-0.4, -0.2) is 53.2 Å². The predicted octanol–water partition coefficient (Wildman–Crippen LogP) is 4.35. The molecule has 4 N–H and O–H groups in total. The normalized spacial score (nSPS) is 15.3. The Morgan fingerprint density at radius 3 is 2.56 bits per heavy atom. The number of H-pyrrole nitrogens is 1. The zero-order valence-corrected chi connectivity index (χ0v) is 22.6. The van der Waals surface area contributed by atoms with E-state index in [1.165, 1.54) is 33.2 Å². The van der Waals surface area contributed by atoms with Gasteiger partial charge in [-0.3, -0.25) is 4.90 Å². The van der Waals surface area contributed by atoms with Crippen LogP contribution in [0.3, 0.4) is 0 Å². The van der Waals surface area contributed by atoms with E-state index in [0.717, 1.165) is 57.9 Å². The molecular weight excluding hydrogens is 537 g/mol. The molecule has 184 valence electrons. The molecule has 6 nitrogen and oxygen atoms in total. The number of fused-ring (bicyclic) bond motifs is 1. The number of hydrogen-bond donors (Lipinski definition) is 4. The SMILES string of the molecule is CCNC(=NCc1ccc(CN2CCC(O)CC2)cc1)NCCc1c[nH]c2cc(C)ccc12.I. The van der Waals surface area contributed by atoms with Crippen molar-refractivity contribution in [1.29, 1.82) is 0 Å². The highest BCUT2D eigenvalue weighted by Crippen LogP contribution is 2.19. The van der Waals surface area contributed by atoms with E-state index in [1.807, 2.05) is 0 Å². The molecule has 0 unspecified atom stereocenters. The fourth-order valence-corrected chi connectivity index (χ4v) is 4.42. The van der Waals surface area contributed by atoms with Crippen LogP contribution in [0.2, 0.25) is 0 Å². The van der Waals surface area contributed by atoms with Crippen LogP contribution >= 0.6 is 24.0 Å². The Labute approximate surface area is 220 Å². The Kier molecular flexibility index (Phi) is 10.2. The number of likely N-dealkylation sites (tertiary alicyclic amines) is 1. The third-order valence-electron chi connectivity index (χ3n) is 6.36. The van der Waals surface area contributed by atoms with Crippen molar-refractivity contribution >= 4 is 40.8 Å². The van der Waals surface area contributed by atoms with Crippen molar-refractivity contribution in [1.82, 2.24) is 20.5 Å². The molecule has 4 rings (SSSR count). The minimum absolute atomic E-state index is 0. The van der Waals surface area contributed by atoms with Crippen molar-refractivity contribution in [3.05, 3.63) is 70.9 Å². The molecule has 0 radical (unpaired) electrons. The van der Waals surface area contributed by atoms with Crippen molar-refractivity contribution in [2.75, 3.05) is 26.2 Å². The van der Waals surface area contributed by atoms with Crippen LogP contribution in [0.15, 0.2) is 53.7 Å². The lowest BCUT2D eigenvalue weighted by Gasteiger charge is -2.29. The Hall–Kier alpha value is -2.10. The molecule has 1 aliphatic rings. The van der Waals surface area contributed by atoms with Crippen LogP contribution in [-0.2, 0) is 19.5 Å². The molecule has 0 aliphatic carbocycles. The molecule has 1 aromatic heterocycles. The Balaban J connectivity index is 0.00000324. The van der Waals surface area contributed by atoms with Crippen LogP contribution in [0.4, 0.5) is 0 Å². The lowest BCUT2D eigenvalue weighted by molar-refractivity contribution is 0.0792. The number of benzene rings is 2. The van der Waals surface area contributed by atoms with Gasteiger partial charge in [-0.25, -0.2) is 4.99 Å². The number of guanidine groups is 1. The molecule has 1 fully saturated rings. The van der Waals surface area contributed by atoms with Gasteiger partial charge < -0.3 is 20.7 Å². The average molecular weight is 576 g/mol. The fourth-order valence-electron chi connectivity index (χ4n) is 4.42. The molecule has 1 saturated heterocycles. The van der Waals surface area contributed by atoms with E-state index in [9.17, 15) is 5.11 Å². The summed E-state index contributed by atoms with van der Waals surface area (Å²) in [4.78, 5) is 10.6.